The molecular weight excluding hydrogens is 152 g/mol. The molecule has 2 rings (SSSR count). The highest BCUT2D eigenvalue weighted by molar-refractivity contribution is 5.70. The van der Waals surface area contributed by atoms with Crippen LogP contribution in [0.3, 0.4) is 0 Å². The van der Waals surface area contributed by atoms with Crippen LogP contribution in [0, 0.1) is 6.92 Å². The largest absolute Gasteiger partial charge is 0.284 e. The summed E-state index contributed by atoms with van der Waals surface area (Å²) < 4.78 is 1.09. The smallest absolute Gasteiger partial charge is 0.282 e. The minimum atomic E-state index is 0.725. The van der Waals surface area contributed by atoms with Crippen LogP contribution in [0.15, 0.2) is 30.6 Å². The van der Waals surface area contributed by atoms with Gasteiger partial charge in [0.25, 0.3) is 5.52 Å². The summed E-state index contributed by atoms with van der Waals surface area (Å²) in [6, 6.07) is 5.55. The van der Waals surface area contributed by atoms with E-state index in [9.17, 15) is 5.21 Å². The summed E-state index contributed by atoms with van der Waals surface area (Å²) in [5.74, 6) is 0. The van der Waals surface area contributed by atoms with Gasteiger partial charge in [-0.15, -0.1) is 0 Å². The Balaban J connectivity index is 2.89. The van der Waals surface area contributed by atoms with E-state index in [1.54, 1.807) is 18.5 Å². The molecule has 2 aromatic heterocycles. The fourth-order valence-corrected chi connectivity index (χ4v) is 1.23. The molecule has 0 spiro atoms. The second kappa shape index (κ2) is 2.44. The van der Waals surface area contributed by atoms with Crippen LogP contribution in [0.1, 0.15) is 5.56 Å². The lowest BCUT2D eigenvalue weighted by Crippen LogP contribution is -2.30. The van der Waals surface area contributed by atoms with Gasteiger partial charge in [-0.2, -0.15) is 0 Å². The van der Waals surface area contributed by atoms with Crippen molar-refractivity contribution in [3.63, 3.8) is 0 Å². The molecule has 0 bridgehead atoms. The number of fused-ring (bicyclic) bond motifs is 1. The van der Waals surface area contributed by atoms with E-state index in [1.165, 1.54) is 0 Å². The highest BCUT2D eigenvalue weighted by Gasteiger charge is 2.07. The van der Waals surface area contributed by atoms with Gasteiger partial charge in [0.15, 0.2) is 0 Å². The SMILES string of the molecule is Cc1cc2ncccc2[n+](O)c1. The first-order chi connectivity index (χ1) is 5.77. The van der Waals surface area contributed by atoms with Crippen molar-refractivity contribution in [1.82, 2.24) is 4.98 Å². The quantitative estimate of drug-likeness (QED) is 0.463. The van der Waals surface area contributed by atoms with E-state index in [-0.39, 0.29) is 0 Å². The number of aryl methyl sites for hydroxylation is 1. The Kier molecular flexibility index (Phi) is 1.43. The lowest BCUT2D eigenvalue weighted by atomic mass is 10.2. The predicted octanol–water partition coefficient (Wildman–Crippen LogP) is 1.07. The lowest BCUT2D eigenvalue weighted by molar-refractivity contribution is -0.884. The summed E-state index contributed by atoms with van der Waals surface area (Å²) in [4.78, 5) is 4.12. The van der Waals surface area contributed by atoms with Crippen LogP contribution in [0.2, 0.25) is 0 Å². The topological polar surface area (TPSA) is 37.0 Å². The first-order valence-electron chi connectivity index (χ1n) is 3.73. The average molecular weight is 161 g/mol. The van der Waals surface area contributed by atoms with Crippen molar-refractivity contribution in [3.8, 4) is 0 Å². The van der Waals surface area contributed by atoms with Gasteiger partial charge < -0.3 is 0 Å². The zero-order chi connectivity index (χ0) is 8.55. The molecule has 12 heavy (non-hydrogen) atoms. The van der Waals surface area contributed by atoms with E-state index in [0.717, 1.165) is 21.3 Å². The molecule has 0 saturated carbocycles. The third-order valence-electron chi connectivity index (χ3n) is 1.75. The predicted molar refractivity (Wildman–Crippen MR) is 43.9 cm³/mol. The summed E-state index contributed by atoms with van der Waals surface area (Å²) >= 11 is 0. The fourth-order valence-electron chi connectivity index (χ4n) is 1.23. The number of nitrogens with zero attached hydrogens (tertiary/aromatic N) is 2. The zero-order valence-corrected chi connectivity index (χ0v) is 6.73. The van der Waals surface area contributed by atoms with Gasteiger partial charge in [-0.3, -0.25) is 5.21 Å². The van der Waals surface area contributed by atoms with Crippen molar-refractivity contribution in [2.75, 3.05) is 0 Å². The summed E-state index contributed by atoms with van der Waals surface area (Å²) in [6.45, 7) is 1.92. The van der Waals surface area contributed by atoms with Gasteiger partial charge in [0.05, 0.1) is 0 Å². The Morgan fingerprint density at radius 1 is 1.50 bits per heavy atom. The summed E-state index contributed by atoms with van der Waals surface area (Å²) in [5, 5.41) is 9.43. The molecule has 2 aromatic rings. The van der Waals surface area contributed by atoms with E-state index in [0.29, 0.717) is 0 Å². The third-order valence-corrected chi connectivity index (χ3v) is 1.75. The van der Waals surface area contributed by atoms with Gasteiger partial charge in [0, 0.05) is 22.6 Å². The van der Waals surface area contributed by atoms with Crippen LogP contribution in [0.4, 0.5) is 0 Å². The molecule has 60 valence electrons. The molecule has 2 heterocycles. The monoisotopic (exact) mass is 161 g/mol. The molecule has 0 aliphatic rings. The van der Waals surface area contributed by atoms with Crippen molar-refractivity contribution in [3.05, 3.63) is 36.2 Å². The molecule has 0 fully saturated rings. The molecule has 0 saturated heterocycles. The summed E-state index contributed by atoms with van der Waals surface area (Å²) in [5.41, 5.74) is 2.52. The molecule has 0 unspecified atom stereocenters. The zero-order valence-electron chi connectivity index (χ0n) is 6.73. The Hall–Kier alpha value is -1.64. The first kappa shape index (κ1) is 7.03. The van der Waals surface area contributed by atoms with E-state index in [1.807, 2.05) is 19.1 Å². The average Bonchev–Trinajstić information content (AvgIpc) is 2.04. The van der Waals surface area contributed by atoms with Gasteiger partial charge in [-0.25, -0.2) is 4.98 Å². The first-order valence-corrected chi connectivity index (χ1v) is 3.73. The second-order valence-electron chi connectivity index (χ2n) is 2.77. The minimum Gasteiger partial charge on any atom is -0.284 e. The van der Waals surface area contributed by atoms with Crippen LogP contribution >= 0.6 is 0 Å². The van der Waals surface area contributed by atoms with Gasteiger partial charge in [-0.1, -0.05) is 0 Å². The molecule has 0 atom stereocenters. The minimum absolute atomic E-state index is 0.725. The van der Waals surface area contributed by atoms with Gasteiger partial charge in [0.2, 0.25) is 6.20 Å². The normalized spacial score (nSPS) is 10.4. The maximum absolute atomic E-state index is 9.43. The summed E-state index contributed by atoms with van der Waals surface area (Å²) in [6.07, 6.45) is 3.37. The van der Waals surface area contributed by atoms with Crippen LogP contribution in [-0.2, 0) is 0 Å². The van der Waals surface area contributed by atoms with Crippen LogP contribution in [0.5, 0.6) is 0 Å². The van der Waals surface area contributed by atoms with Gasteiger partial charge in [0.1, 0.15) is 5.52 Å². The van der Waals surface area contributed by atoms with Crippen molar-refractivity contribution in [1.29, 1.82) is 0 Å². The van der Waals surface area contributed by atoms with Gasteiger partial charge >= 0.3 is 0 Å². The highest BCUT2D eigenvalue weighted by atomic mass is 16.5. The van der Waals surface area contributed by atoms with Crippen LogP contribution < -0.4 is 4.73 Å². The number of hydrogen-bond acceptors (Lipinski definition) is 2. The molecule has 0 aliphatic heterocycles. The summed E-state index contributed by atoms with van der Waals surface area (Å²) in [7, 11) is 0. The van der Waals surface area contributed by atoms with E-state index >= 15 is 0 Å². The van der Waals surface area contributed by atoms with Gasteiger partial charge in [-0.05, 0) is 19.1 Å². The Morgan fingerprint density at radius 2 is 2.33 bits per heavy atom. The number of hydrogen-bond donors (Lipinski definition) is 1. The van der Waals surface area contributed by atoms with Crippen LogP contribution in [-0.4, -0.2) is 10.2 Å². The Morgan fingerprint density at radius 3 is 3.17 bits per heavy atom. The van der Waals surface area contributed by atoms with E-state index in [4.69, 9.17) is 0 Å². The van der Waals surface area contributed by atoms with Crippen molar-refractivity contribution in [2.24, 2.45) is 0 Å². The number of aromatic nitrogens is 2. The lowest BCUT2D eigenvalue weighted by Gasteiger charge is -1.93. The third kappa shape index (κ3) is 0.993. The molecule has 3 nitrogen and oxygen atoms in total. The van der Waals surface area contributed by atoms with Crippen LogP contribution in [0.25, 0.3) is 11.0 Å². The highest BCUT2D eigenvalue weighted by Crippen LogP contribution is 2.06. The molecule has 1 N–H and O–H groups in total. The maximum Gasteiger partial charge on any atom is 0.282 e. The van der Waals surface area contributed by atoms with Crippen molar-refractivity contribution >= 4 is 11.0 Å². The maximum atomic E-state index is 9.43. The molecule has 0 radical (unpaired) electrons. The second-order valence-corrected chi connectivity index (χ2v) is 2.77. The molecule has 0 amide bonds. The number of pyridine rings is 2. The van der Waals surface area contributed by atoms with E-state index < -0.39 is 0 Å². The number of rotatable bonds is 0. The Labute approximate surface area is 69.9 Å². The molecule has 3 heteroatoms. The van der Waals surface area contributed by atoms with Crippen molar-refractivity contribution in [2.45, 2.75) is 6.92 Å². The standard InChI is InChI=1S/C9H9N2O/c1-7-5-8-9(11(12)6-7)3-2-4-10-8/h2-6,12H,1H3/q+1. The molecule has 0 aliphatic carbocycles. The molecule has 0 aromatic carbocycles. The van der Waals surface area contributed by atoms with E-state index in [2.05, 4.69) is 4.98 Å². The fraction of sp³-hybridized carbons (Fsp3) is 0.111. The molecular formula is C9H9N2O+. The van der Waals surface area contributed by atoms with Crippen molar-refractivity contribution < 1.29 is 9.94 Å². The Bertz CT molecular complexity index is 426.